The molecule has 0 aromatic heterocycles. The Morgan fingerprint density at radius 1 is 1.32 bits per heavy atom. The Hall–Kier alpha value is -0.770. The molecule has 1 spiro atoms. The van der Waals surface area contributed by atoms with E-state index in [4.69, 9.17) is 4.74 Å². The molecule has 19 heavy (non-hydrogen) atoms. The Labute approximate surface area is 116 Å². The summed E-state index contributed by atoms with van der Waals surface area (Å²) in [6.45, 7) is 7.62. The van der Waals surface area contributed by atoms with Crippen LogP contribution in [0.2, 0.25) is 0 Å². The van der Waals surface area contributed by atoms with E-state index < -0.39 is 5.60 Å². The summed E-state index contributed by atoms with van der Waals surface area (Å²) in [7, 11) is 0. The number of amides is 1. The maximum atomic E-state index is 12.0. The van der Waals surface area contributed by atoms with E-state index in [9.17, 15) is 9.90 Å². The summed E-state index contributed by atoms with van der Waals surface area (Å²) >= 11 is 0. The van der Waals surface area contributed by atoms with Gasteiger partial charge in [0.1, 0.15) is 5.60 Å². The van der Waals surface area contributed by atoms with Crippen molar-refractivity contribution in [1.29, 1.82) is 0 Å². The van der Waals surface area contributed by atoms with Crippen LogP contribution in [0.3, 0.4) is 0 Å². The van der Waals surface area contributed by atoms with Crippen LogP contribution in [0.15, 0.2) is 0 Å². The van der Waals surface area contributed by atoms with E-state index in [1.165, 1.54) is 6.42 Å². The zero-order valence-corrected chi connectivity index (χ0v) is 12.4. The number of carbonyl (C=O) groups excluding carboxylic acids is 1. The molecule has 1 atom stereocenters. The summed E-state index contributed by atoms with van der Waals surface area (Å²) in [5.41, 5.74) is -0.0343. The monoisotopic (exact) mass is 269 g/mol. The summed E-state index contributed by atoms with van der Waals surface area (Å²) in [6.07, 6.45) is 5.42. The maximum absolute atomic E-state index is 12.0. The molecule has 1 aliphatic carbocycles. The number of hydrogen-bond donors (Lipinski definition) is 1. The third kappa shape index (κ3) is 3.62. The minimum absolute atomic E-state index is 0.181. The molecule has 2 fully saturated rings. The number of nitrogens with zero attached hydrogens (tertiary/aromatic N) is 1. The first-order valence-electron chi connectivity index (χ1n) is 7.42. The maximum Gasteiger partial charge on any atom is 0.410 e. The quantitative estimate of drug-likeness (QED) is 0.796. The van der Waals surface area contributed by atoms with E-state index in [1.807, 2.05) is 25.7 Å². The van der Waals surface area contributed by atoms with Crippen LogP contribution in [0, 0.1) is 11.3 Å². The molecule has 1 amide bonds. The van der Waals surface area contributed by atoms with Crippen LogP contribution in [-0.2, 0) is 4.74 Å². The van der Waals surface area contributed by atoms with Crippen molar-refractivity contribution < 1.29 is 14.6 Å². The fourth-order valence-corrected chi connectivity index (χ4v) is 3.43. The molecule has 2 rings (SSSR count). The highest BCUT2D eigenvalue weighted by Crippen LogP contribution is 2.48. The summed E-state index contributed by atoms with van der Waals surface area (Å²) in [5.74, 6) is 0.480. The summed E-state index contributed by atoms with van der Waals surface area (Å²) < 4.78 is 5.42. The average Bonchev–Trinajstić information content (AvgIpc) is 2.71. The van der Waals surface area contributed by atoms with Crippen molar-refractivity contribution in [1.82, 2.24) is 4.90 Å². The lowest BCUT2D eigenvalue weighted by atomic mass is 9.76. The van der Waals surface area contributed by atoms with Crippen LogP contribution in [0.25, 0.3) is 0 Å². The molecule has 110 valence electrons. The van der Waals surface area contributed by atoms with Gasteiger partial charge < -0.3 is 14.7 Å². The van der Waals surface area contributed by atoms with E-state index in [0.29, 0.717) is 17.9 Å². The number of carbonyl (C=O) groups is 1. The fourth-order valence-electron chi connectivity index (χ4n) is 3.43. The molecule has 0 unspecified atom stereocenters. The van der Waals surface area contributed by atoms with Crippen molar-refractivity contribution in [2.24, 2.45) is 11.3 Å². The molecule has 1 aliphatic heterocycles. The number of ether oxygens (including phenoxy) is 1. The second-order valence-corrected chi connectivity index (χ2v) is 7.26. The zero-order chi connectivity index (χ0) is 14.1. The van der Waals surface area contributed by atoms with Gasteiger partial charge in [0.2, 0.25) is 0 Å². The number of aliphatic hydroxyl groups excluding tert-OH is 1. The fraction of sp³-hybridized carbons (Fsp3) is 0.933. The standard InChI is InChI=1S/C15H27NO3/c1-14(2,3)19-13(18)16-8-6-15(7-9-16)5-4-12(10-15)11-17/h12,17H,4-11H2,1-3H3/t12-/m1/s1. The van der Waals surface area contributed by atoms with E-state index in [-0.39, 0.29) is 6.09 Å². The predicted octanol–water partition coefficient (Wildman–Crippen LogP) is 2.80. The van der Waals surface area contributed by atoms with Gasteiger partial charge in [-0.15, -0.1) is 0 Å². The lowest BCUT2D eigenvalue weighted by Gasteiger charge is -2.40. The van der Waals surface area contributed by atoms with Crippen LogP contribution < -0.4 is 0 Å². The molecule has 0 bridgehead atoms. The van der Waals surface area contributed by atoms with E-state index in [1.54, 1.807) is 0 Å². The molecular formula is C15H27NO3. The van der Waals surface area contributed by atoms with Gasteiger partial charge in [0.05, 0.1) is 0 Å². The van der Waals surface area contributed by atoms with Crippen molar-refractivity contribution in [3.05, 3.63) is 0 Å². The van der Waals surface area contributed by atoms with Crippen LogP contribution in [-0.4, -0.2) is 41.4 Å². The highest BCUT2D eigenvalue weighted by atomic mass is 16.6. The minimum atomic E-state index is -0.415. The second kappa shape index (κ2) is 5.31. The van der Waals surface area contributed by atoms with Crippen molar-refractivity contribution in [2.45, 2.75) is 58.5 Å². The first kappa shape index (κ1) is 14.6. The highest BCUT2D eigenvalue weighted by molar-refractivity contribution is 5.68. The number of likely N-dealkylation sites (tertiary alicyclic amines) is 1. The number of rotatable bonds is 1. The third-order valence-electron chi connectivity index (χ3n) is 4.54. The van der Waals surface area contributed by atoms with Gasteiger partial charge in [-0.25, -0.2) is 4.79 Å². The summed E-state index contributed by atoms with van der Waals surface area (Å²) in [6, 6.07) is 0. The smallest absolute Gasteiger partial charge is 0.410 e. The highest BCUT2D eigenvalue weighted by Gasteiger charge is 2.42. The predicted molar refractivity (Wildman–Crippen MR) is 73.9 cm³/mol. The molecule has 1 saturated carbocycles. The van der Waals surface area contributed by atoms with Crippen LogP contribution in [0.4, 0.5) is 4.79 Å². The molecular weight excluding hydrogens is 242 g/mol. The molecule has 2 aliphatic rings. The normalized spacial score (nSPS) is 26.7. The van der Waals surface area contributed by atoms with E-state index >= 15 is 0 Å². The summed E-state index contributed by atoms with van der Waals surface area (Å²) in [4.78, 5) is 13.8. The SMILES string of the molecule is CC(C)(C)OC(=O)N1CCC2(CC[C@@H](CO)C2)CC1. The van der Waals surface area contributed by atoms with E-state index in [0.717, 1.165) is 38.8 Å². The van der Waals surface area contributed by atoms with Crippen molar-refractivity contribution >= 4 is 6.09 Å². The lowest BCUT2D eigenvalue weighted by molar-refractivity contribution is 0.00990. The van der Waals surface area contributed by atoms with Crippen LogP contribution in [0.5, 0.6) is 0 Å². The van der Waals surface area contributed by atoms with Crippen LogP contribution >= 0.6 is 0 Å². The largest absolute Gasteiger partial charge is 0.444 e. The Morgan fingerprint density at radius 2 is 1.95 bits per heavy atom. The second-order valence-electron chi connectivity index (χ2n) is 7.26. The molecule has 1 heterocycles. The molecule has 4 nitrogen and oxygen atoms in total. The first-order valence-corrected chi connectivity index (χ1v) is 7.42. The summed E-state index contributed by atoms with van der Waals surface area (Å²) in [5, 5.41) is 9.26. The van der Waals surface area contributed by atoms with Gasteiger partial charge >= 0.3 is 6.09 Å². The molecule has 1 N–H and O–H groups in total. The Kier molecular flexibility index (Phi) is 4.09. The van der Waals surface area contributed by atoms with Gasteiger partial charge in [0.15, 0.2) is 0 Å². The Bertz CT molecular complexity index is 327. The number of aliphatic hydroxyl groups is 1. The van der Waals surface area contributed by atoms with Crippen molar-refractivity contribution in [2.75, 3.05) is 19.7 Å². The minimum Gasteiger partial charge on any atom is -0.444 e. The molecule has 0 aromatic rings. The topological polar surface area (TPSA) is 49.8 Å². The van der Waals surface area contributed by atoms with Gasteiger partial charge in [-0.2, -0.15) is 0 Å². The van der Waals surface area contributed by atoms with E-state index in [2.05, 4.69) is 0 Å². The third-order valence-corrected chi connectivity index (χ3v) is 4.54. The van der Waals surface area contributed by atoms with Gasteiger partial charge in [-0.05, 0) is 64.2 Å². The van der Waals surface area contributed by atoms with Crippen molar-refractivity contribution in [3.63, 3.8) is 0 Å². The molecule has 4 heteroatoms. The Balaban J connectivity index is 1.84. The van der Waals surface area contributed by atoms with Crippen molar-refractivity contribution in [3.8, 4) is 0 Å². The van der Waals surface area contributed by atoms with Gasteiger partial charge in [0, 0.05) is 19.7 Å². The Morgan fingerprint density at radius 3 is 2.42 bits per heavy atom. The average molecular weight is 269 g/mol. The van der Waals surface area contributed by atoms with Gasteiger partial charge in [-0.3, -0.25) is 0 Å². The molecule has 1 saturated heterocycles. The van der Waals surface area contributed by atoms with Gasteiger partial charge in [0.25, 0.3) is 0 Å². The van der Waals surface area contributed by atoms with Crippen LogP contribution in [0.1, 0.15) is 52.9 Å². The molecule has 0 aromatic carbocycles. The molecule has 0 radical (unpaired) electrons. The lowest BCUT2D eigenvalue weighted by Crippen LogP contribution is -2.44. The number of piperidine rings is 1. The zero-order valence-electron chi connectivity index (χ0n) is 12.4. The number of hydrogen-bond acceptors (Lipinski definition) is 3. The first-order chi connectivity index (χ1) is 8.84. The van der Waals surface area contributed by atoms with Gasteiger partial charge in [-0.1, -0.05) is 0 Å².